The van der Waals surface area contributed by atoms with Gasteiger partial charge in [-0.05, 0) is 23.4 Å². The molecule has 1 atom stereocenters. The van der Waals surface area contributed by atoms with Crippen LogP contribution >= 0.6 is 23.6 Å². The predicted octanol–water partition coefficient (Wildman–Crippen LogP) is 3.19. The number of hydrogen-bond acceptors (Lipinski definition) is 3. The number of carbonyl (C=O) groups excluding carboxylic acids is 1. The molecule has 0 fully saturated rings. The van der Waals surface area contributed by atoms with Crippen molar-refractivity contribution in [1.29, 1.82) is 0 Å². The Labute approximate surface area is 134 Å². The van der Waals surface area contributed by atoms with Crippen LogP contribution in [0, 0.1) is 0 Å². The molecule has 21 heavy (non-hydrogen) atoms. The largest absolute Gasteiger partial charge is 0.389 e. The van der Waals surface area contributed by atoms with Crippen LogP contribution in [0.3, 0.4) is 0 Å². The monoisotopic (exact) mass is 318 g/mol. The van der Waals surface area contributed by atoms with Gasteiger partial charge in [-0.1, -0.05) is 49.5 Å². The van der Waals surface area contributed by atoms with Crippen LogP contribution in [0.1, 0.15) is 35.4 Å². The van der Waals surface area contributed by atoms with Crippen molar-refractivity contribution >= 4 is 34.5 Å². The molecule has 3 nitrogen and oxygen atoms in total. The maximum absolute atomic E-state index is 12.1. The Morgan fingerprint density at radius 3 is 2.57 bits per heavy atom. The third-order valence-electron chi connectivity index (χ3n) is 3.23. The number of rotatable bonds is 6. The van der Waals surface area contributed by atoms with Crippen molar-refractivity contribution < 1.29 is 4.79 Å². The van der Waals surface area contributed by atoms with E-state index in [1.165, 1.54) is 4.88 Å². The first-order chi connectivity index (χ1) is 10.1. The SMILES string of the molecule is CCC(NC(=O)Cc1ccc(C(N)=S)cc1)c1cccs1. The highest BCUT2D eigenvalue weighted by Crippen LogP contribution is 2.21. The van der Waals surface area contributed by atoms with Crippen LogP contribution in [0.15, 0.2) is 41.8 Å². The Hall–Kier alpha value is -1.72. The third kappa shape index (κ3) is 4.37. The minimum atomic E-state index is 0.0262. The first-order valence-corrected chi connectivity index (χ1v) is 8.10. The maximum atomic E-state index is 12.1. The van der Waals surface area contributed by atoms with Gasteiger partial charge in [0.1, 0.15) is 4.99 Å². The summed E-state index contributed by atoms with van der Waals surface area (Å²) in [6, 6.07) is 11.6. The van der Waals surface area contributed by atoms with E-state index in [4.69, 9.17) is 18.0 Å². The van der Waals surface area contributed by atoms with Crippen LogP contribution in [0.2, 0.25) is 0 Å². The van der Waals surface area contributed by atoms with E-state index < -0.39 is 0 Å². The van der Waals surface area contributed by atoms with Crippen molar-refractivity contribution in [3.63, 3.8) is 0 Å². The molecule has 0 aliphatic carbocycles. The molecule has 1 amide bonds. The summed E-state index contributed by atoms with van der Waals surface area (Å²) in [6.07, 6.45) is 1.24. The molecule has 1 unspecified atom stereocenters. The Balaban J connectivity index is 1.96. The number of amides is 1. The zero-order valence-corrected chi connectivity index (χ0v) is 13.5. The van der Waals surface area contributed by atoms with Crippen molar-refractivity contribution in [1.82, 2.24) is 5.32 Å². The smallest absolute Gasteiger partial charge is 0.224 e. The summed E-state index contributed by atoms with van der Waals surface area (Å²) in [7, 11) is 0. The number of benzene rings is 1. The molecule has 0 aliphatic rings. The van der Waals surface area contributed by atoms with E-state index >= 15 is 0 Å². The molecule has 5 heteroatoms. The first-order valence-electron chi connectivity index (χ1n) is 6.81. The van der Waals surface area contributed by atoms with Gasteiger partial charge in [0.2, 0.25) is 5.91 Å². The van der Waals surface area contributed by atoms with E-state index in [1.807, 2.05) is 35.7 Å². The second-order valence-electron chi connectivity index (χ2n) is 4.78. The van der Waals surface area contributed by atoms with Gasteiger partial charge in [0.05, 0.1) is 12.5 Å². The fourth-order valence-electron chi connectivity index (χ4n) is 2.08. The zero-order valence-electron chi connectivity index (χ0n) is 11.8. The molecular formula is C16H18N2OS2. The minimum absolute atomic E-state index is 0.0262. The molecule has 0 aliphatic heterocycles. The summed E-state index contributed by atoms with van der Waals surface area (Å²) in [6.45, 7) is 2.07. The van der Waals surface area contributed by atoms with Gasteiger partial charge in [-0.2, -0.15) is 0 Å². The van der Waals surface area contributed by atoms with Gasteiger partial charge in [0.25, 0.3) is 0 Å². The molecule has 2 aromatic rings. The molecule has 2 rings (SSSR count). The highest BCUT2D eigenvalue weighted by molar-refractivity contribution is 7.80. The molecular weight excluding hydrogens is 300 g/mol. The summed E-state index contributed by atoms with van der Waals surface area (Å²) in [5.41, 5.74) is 7.33. The number of thiocarbonyl (C=S) groups is 1. The normalized spacial score (nSPS) is 11.9. The van der Waals surface area contributed by atoms with Gasteiger partial charge in [-0.3, -0.25) is 4.79 Å². The van der Waals surface area contributed by atoms with Crippen LogP contribution in [-0.4, -0.2) is 10.9 Å². The zero-order chi connectivity index (χ0) is 15.2. The minimum Gasteiger partial charge on any atom is -0.389 e. The van der Waals surface area contributed by atoms with E-state index in [-0.39, 0.29) is 11.9 Å². The Kier molecular flexibility index (Phi) is 5.47. The molecule has 1 aromatic carbocycles. The fourth-order valence-corrected chi connectivity index (χ4v) is 3.08. The number of nitrogens with one attached hydrogen (secondary N) is 1. The van der Waals surface area contributed by atoms with Gasteiger partial charge in [0.15, 0.2) is 0 Å². The predicted molar refractivity (Wildman–Crippen MR) is 91.5 cm³/mol. The van der Waals surface area contributed by atoms with Crippen molar-refractivity contribution in [2.75, 3.05) is 0 Å². The lowest BCUT2D eigenvalue weighted by Gasteiger charge is -2.15. The average Bonchev–Trinajstić information content (AvgIpc) is 2.99. The number of nitrogens with two attached hydrogens (primary N) is 1. The van der Waals surface area contributed by atoms with Crippen LogP contribution in [0.5, 0.6) is 0 Å². The van der Waals surface area contributed by atoms with Gasteiger partial charge in [0, 0.05) is 10.4 Å². The summed E-state index contributed by atoms with van der Waals surface area (Å²) in [5, 5.41) is 5.10. The number of carbonyl (C=O) groups is 1. The third-order valence-corrected chi connectivity index (χ3v) is 4.45. The molecule has 0 saturated heterocycles. The first kappa shape index (κ1) is 15.7. The summed E-state index contributed by atoms with van der Waals surface area (Å²) in [4.78, 5) is 13.7. The van der Waals surface area contributed by atoms with E-state index in [2.05, 4.69) is 18.3 Å². The van der Waals surface area contributed by atoms with E-state index in [1.54, 1.807) is 11.3 Å². The highest BCUT2D eigenvalue weighted by Gasteiger charge is 2.13. The summed E-state index contributed by atoms with van der Waals surface area (Å²) >= 11 is 6.58. The van der Waals surface area contributed by atoms with Crippen LogP contribution in [0.4, 0.5) is 0 Å². The Morgan fingerprint density at radius 1 is 1.33 bits per heavy atom. The summed E-state index contributed by atoms with van der Waals surface area (Å²) < 4.78 is 0. The molecule has 0 saturated carbocycles. The van der Waals surface area contributed by atoms with Gasteiger partial charge in [-0.25, -0.2) is 0 Å². The Morgan fingerprint density at radius 2 is 2.05 bits per heavy atom. The van der Waals surface area contributed by atoms with E-state index in [0.717, 1.165) is 17.5 Å². The topological polar surface area (TPSA) is 55.1 Å². The van der Waals surface area contributed by atoms with Gasteiger partial charge < -0.3 is 11.1 Å². The number of thiophene rings is 1. The molecule has 110 valence electrons. The van der Waals surface area contributed by atoms with Crippen LogP contribution < -0.4 is 11.1 Å². The molecule has 1 aromatic heterocycles. The lowest BCUT2D eigenvalue weighted by atomic mass is 10.1. The molecule has 1 heterocycles. The van der Waals surface area contributed by atoms with Crippen molar-refractivity contribution in [2.45, 2.75) is 25.8 Å². The van der Waals surface area contributed by atoms with Gasteiger partial charge >= 0.3 is 0 Å². The lowest BCUT2D eigenvalue weighted by Crippen LogP contribution is -2.29. The molecule has 3 N–H and O–H groups in total. The van der Waals surface area contributed by atoms with Gasteiger partial charge in [-0.15, -0.1) is 11.3 Å². The Bertz CT molecular complexity index is 606. The van der Waals surface area contributed by atoms with Crippen molar-refractivity contribution in [3.8, 4) is 0 Å². The van der Waals surface area contributed by atoms with Crippen molar-refractivity contribution in [2.24, 2.45) is 5.73 Å². The average molecular weight is 318 g/mol. The van der Waals surface area contributed by atoms with E-state index in [9.17, 15) is 4.79 Å². The lowest BCUT2D eigenvalue weighted by molar-refractivity contribution is -0.121. The second kappa shape index (κ2) is 7.33. The van der Waals surface area contributed by atoms with Crippen LogP contribution in [-0.2, 0) is 11.2 Å². The van der Waals surface area contributed by atoms with Crippen LogP contribution in [0.25, 0.3) is 0 Å². The summed E-state index contributed by atoms with van der Waals surface area (Å²) in [5.74, 6) is 0.0262. The molecule has 0 radical (unpaired) electrons. The standard InChI is InChI=1S/C16H18N2OS2/c1-2-13(14-4-3-9-21-14)18-15(19)10-11-5-7-12(8-6-11)16(17)20/h3-9,13H,2,10H2,1H3,(H2,17,20)(H,18,19). The number of hydrogen-bond donors (Lipinski definition) is 2. The quantitative estimate of drug-likeness (QED) is 0.804. The highest BCUT2D eigenvalue weighted by atomic mass is 32.1. The van der Waals surface area contributed by atoms with Crippen molar-refractivity contribution in [3.05, 3.63) is 57.8 Å². The molecule has 0 bridgehead atoms. The fraction of sp³-hybridized carbons (Fsp3) is 0.250. The van der Waals surface area contributed by atoms with E-state index in [0.29, 0.717) is 11.4 Å². The maximum Gasteiger partial charge on any atom is 0.224 e. The second-order valence-corrected chi connectivity index (χ2v) is 6.20. The molecule has 0 spiro atoms.